The fraction of sp³-hybridized carbons (Fsp3) is 0.278. The molecule has 0 aliphatic carbocycles. The van der Waals surface area contributed by atoms with Crippen molar-refractivity contribution in [2.24, 2.45) is 0 Å². The van der Waals surface area contributed by atoms with Gasteiger partial charge in [0.25, 0.3) is 0 Å². The number of benzene rings is 1. The number of nitrogens with zero attached hydrogens (tertiary/aromatic N) is 2. The lowest BCUT2D eigenvalue weighted by molar-refractivity contribution is 0.402. The molecule has 3 rings (SSSR count). The number of ether oxygens (including phenoxy) is 1. The highest BCUT2D eigenvalue weighted by Gasteiger charge is 2.20. The molecule has 132 valence electrons. The van der Waals surface area contributed by atoms with E-state index in [0.717, 1.165) is 22.5 Å². The van der Waals surface area contributed by atoms with Gasteiger partial charge in [-0.3, -0.25) is 0 Å². The Labute approximate surface area is 147 Å². The van der Waals surface area contributed by atoms with Gasteiger partial charge in [0.2, 0.25) is 10.0 Å². The zero-order valence-electron chi connectivity index (χ0n) is 14.5. The first kappa shape index (κ1) is 17.4. The van der Waals surface area contributed by atoms with E-state index in [2.05, 4.69) is 9.71 Å². The number of fused-ring (bicyclic) bond motifs is 1. The lowest BCUT2D eigenvalue weighted by Crippen LogP contribution is -2.27. The standard InChI is InChI=1S/C18H21N3O3S/c1-13-10-16(24-3)17(11-14(13)2)25(22,23)20-8-7-18-19-12-15-6-4-5-9-21(15)18/h4-6,9-12,20H,7-8H2,1-3H3. The van der Waals surface area contributed by atoms with E-state index >= 15 is 0 Å². The van der Waals surface area contributed by atoms with Crippen LogP contribution in [0.1, 0.15) is 17.0 Å². The zero-order valence-corrected chi connectivity index (χ0v) is 15.3. The van der Waals surface area contributed by atoms with Gasteiger partial charge in [0, 0.05) is 19.2 Å². The van der Waals surface area contributed by atoms with Gasteiger partial charge in [-0.05, 0) is 49.2 Å². The summed E-state index contributed by atoms with van der Waals surface area (Å²) in [4.78, 5) is 4.51. The van der Waals surface area contributed by atoms with Gasteiger partial charge < -0.3 is 9.14 Å². The predicted molar refractivity (Wildman–Crippen MR) is 96.6 cm³/mol. The summed E-state index contributed by atoms with van der Waals surface area (Å²) in [6.07, 6.45) is 4.18. The van der Waals surface area contributed by atoms with Gasteiger partial charge in [-0.2, -0.15) is 0 Å². The van der Waals surface area contributed by atoms with Crippen molar-refractivity contribution in [2.75, 3.05) is 13.7 Å². The van der Waals surface area contributed by atoms with Crippen molar-refractivity contribution in [1.29, 1.82) is 0 Å². The molecule has 0 spiro atoms. The van der Waals surface area contributed by atoms with Crippen molar-refractivity contribution >= 4 is 15.5 Å². The molecule has 0 aliphatic heterocycles. The minimum absolute atomic E-state index is 0.158. The number of sulfonamides is 1. The number of rotatable bonds is 6. The highest BCUT2D eigenvalue weighted by molar-refractivity contribution is 7.89. The molecule has 0 unspecified atom stereocenters. The summed E-state index contributed by atoms with van der Waals surface area (Å²) in [5.41, 5.74) is 2.87. The van der Waals surface area contributed by atoms with Crippen LogP contribution in [0.25, 0.3) is 5.52 Å². The van der Waals surface area contributed by atoms with E-state index in [-0.39, 0.29) is 11.4 Å². The second-order valence-electron chi connectivity index (χ2n) is 5.91. The van der Waals surface area contributed by atoms with Crippen molar-refractivity contribution < 1.29 is 13.2 Å². The SMILES string of the molecule is COc1cc(C)c(C)cc1S(=O)(=O)NCCc1ncc2ccccn12. The first-order valence-electron chi connectivity index (χ1n) is 7.98. The monoisotopic (exact) mass is 359 g/mol. The molecule has 0 saturated carbocycles. The quantitative estimate of drug-likeness (QED) is 0.734. The molecule has 6 nitrogen and oxygen atoms in total. The van der Waals surface area contributed by atoms with Gasteiger partial charge in [-0.1, -0.05) is 6.07 Å². The van der Waals surface area contributed by atoms with Crippen LogP contribution in [0.2, 0.25) is 0 Å². The molecule has 2 heterocycles. The Morgan fingerprint density at radius 2 is 1.96 bits per heavy atom. The number of imidazole rings is 1. The normalized spacial score (nSPS) is 11.8. The molecular weight excluding hydrogens is 338 g/mol. The minimum atomic E-state index is -3.66. The summed E-state index contributed by atoms with van der Waals surface area (Å²) in [7, 11) is -2.19. The molecule has 0 fully saturated rings. The third-order valence-corrected chi connectivity index (χ3v) is 5.71. The molecule has 0 atom stereocenters. The minimum Gasteiger partial charge on any atom is -0.495 e. The third kappa shape index (κ3) is 3.52. The fourth-order valence-electron chi connectivity index (χ4n) is 2.69. The Morgan fingerprint density at radius 3 is 2.72 bits per heavy atom. The maximum absolute atomic E-state index is 12.6. The van der Waals surface area contributed by atoms with Crippen LogP contribution < -0.4 is 9.46 Å². The van der Waals surface area contributed by atoms with Crippen LogP contribution in [0, 0.1) is 13.8 Å². The molecule has 2 aromatic heterocycles. The van der Waals surface area contributed by atoms with Gasteiger partial charge in [0.15, 0.2) is 0 Å². The van der Waals surface area contributed by atoms with Gasteiger partial charge in [0.1, 0.15) is 16.5 Å². The summed E-state index contributed by atoms with van der Waals surface area (Å²) in [5, 5.41) is 0. The number of nitrogens with one attached hydrogen (secondary N) is 1. The lowest BCUT2D eigenvalue weighted by atomic mass is 10.1. The summed E-state index contributed by atoms with van der Waals surface area (Å²) >= 11 is 0. The molecule has 0 saturated heterocycles. The third-order valence-electron chi connectivity index (χ3n) is 4.23. The average molecular weight is 359 g/mol. The number of pyridine rings is 1. The van der Waals surface area contributed by atoms with E-state index in [1.807, 2.05) is 42.6 Å². The van der Waals surface area contributed by atoms with Crippen LogP contribution in [0.4, 0.5) is 0 Å². The molecule has 7 heteroatoms. The largest absolute Gasteiger partial charge is 0.495 e. The van der Waals surface area contributed by atoms with E-state index < -0.39 is 10.0 Å². The highest BCUT2D eigenvalue weighted by Crippen LogP contribution is 2.27. The van der Waals surface area contributed by atoms with Gasteiger partial charge in [-0.25, -0.2) is 18.1 Å². The Balaban J connectivity index is 1.77. The second-order valence-corrected chi connectivity index (χ2v) is 7.64. The number of hydrogen-bond acceptors (Lipinski definition) is 4. The maximum Gasteiger partial charge on any atom is 0.244 e. The number of aromatic nitrogens is 2. The van der Waals surface area contributed by atoms with E-state index in [9.17, 15) is 8.42 Å². The van der Waals surface area contributed by atoms with Gasteiger partial charge in [0.05, 0.1) is 18.8 Å². The molecule has 0 amide bonds. The Kier molecular flexibility index (Phi) is 4.78. The summed E-state index contributed by atoms with van der Waals surface area (Å²) in [5.74, 6) is 1.16. The van der Waals surface area contributed by atoms with Gasteiger partial charge in [-0.15, -0.1) is 0 Å². The molecule has 0 radical (unpaired) electrons. The van der Waals surface area contributed by atoms with Crippen molar-refractivity contribution in [2.45, 2.75) is 25.2 Å². The molecule has 25 heavy (non-hydrogen) atoms. The molecule has 3 aromatic rings. The molecular formula is C18H21N3O3S. The summed E-state index contributed by atoms with van der Waals surface area (Å²) in [6.45, 7) is 4.06. The fourth-order valence-corrected chi connectivity index (χ4v) is 3.96. The van der Waals surface area contributed by atoms with Crippen molar-refractivity contribution in [3.05, 3.63) is 59.7 Å². The summed E-state index contributed by atoms with van der Waals surface area (Å²) < 4.78 is 35.1. The topological polar surface area (TPSA) is 72.7 Å². The maximum atomic E-state index is 12.6. The first-order valence-corrected chi connectivity index (χ1v) is 9.46. The van der Waals surface area contributed by atoms with E-state index in [1.54, 1.807) is 18.3 Å². The second kappa shape index (κ2) is 6.85. The Morgan fingerprint density at radius 1 is 1.20 bits per heavy atom. The van der Waals surface area contributed by atoms with E-state index in [1.165, 1.54) is 7.11 Å². The molecule has 0 bridgehead atoms. The van der Waals surface area contributed by atoms with Crippen LogP contribution in [0.5, 0.6) is 5.75 Å². The Hall–Kier alpha value is -2.38. The smallest absolute Gasteiger partial charge is 0.244 e. The Bertz CT molecular complexity index is 1010. The van der Waals surface area contributed by atoms with Gasteiger partial charge >= 0.3 is 0 Å². The van der Waals surface area contributed by atoms with Crippen LogP contribution in [-0.2, 0) is 16.4 Å². The zero-order chi connectivity index (χ0) is 18.0. The van der Waals surface area contributed by atoms with Crippen molar-refractivity contribution in [3.63, 3.8) is 0 Å². The van der Waals surface area contributed by atoms with Crippen LogP contribution in [0.15, 0.2) is 47.6 Å². The number of aryl methyl sites for hydroxylation is 2. The molecule has 1 N–H and O–H groups in total. The highest BCUT2D eigenvalue weighted by atomic mass is 32.2. The molecule has 1 aromatic carbocycles. The summed E-state index contributed by atoms with van der Waals surface area (Å²) in [6, 6.07) is 9.20. The number of methoxy groups -OCH3 is 1. The van der Waals surface area contributed by atoms with E-state index in [4.69, 9.17) is 4.74 Å². The predicted octanol–water partition coefficient (Wildman–Crippen LogP) is 2.48. The number of hydrogen-bond donors (Lipinski definition) is 1. The lowest BCUT2D eigenvalue weighted by Gasteiger charge is -2.13. The van der Waals surface area contributed by atoms with E-state index in [0.29, 0.717) is 12.2 Å². The van der Waals surface area contributed by atoms with Crippen molar-refractivity contribution in [3.8, 4) is 5.75 Å². The van der Waals surface area contributed by atoms with Crippen molar-refractivity contribution in [1.82, 2.24) is 14.1 Å². The van der Waals surface area contributed by atoms with Crippen LogP contribution in [0.3, 0.4) is 0 Å². The molecule has 0 aliphatic rings. The van der Waals surface area contributed by atoms with Crippen LogP contribution in [-0.4, -0.2) is 31.5 Å². The van der Waals surface area contributed by atoms with Crippen LogP contribution >= 0.6 is 0 Å². The first-order chi connectivity index (χ1) is 11.9. The average Bonchev–Trinajstić information content (AvgIpc) is 3.00.